The molecule has 0 fully saturated rings. The van der Waals surface area contributed by atoms with Crippen LogP contribution in [0.5, 0.6) is 0 Å². The van der Waals surface area contributed by atoms with Gasteiger partial charge in [0.1, 0.15) is 12.4 Å². The van der Waals surface area contributed by atoms with Gasteiger partial charge in [0.25, 0.3) is 0 Å². The minimum atomic E-state index is -6.72. The monoisotopic (exact) mass is 533 g/mol. The fourth-order valence-corrected chi connectivity index (χ4v) is 4.18. The lowest BCUT2D eigenvalue weighted by Gasteiger charge is -2.22. The van der Waals surface area contributed by atoms with Gasteiger partial charge in [-0.25, -0.2) is 26.0 Å². The number of alkyl halides is 6. The Morgan fingerprint density at radius 2 is 1.30 bits per heavy atom. The lowest BCUT2D eigenvalue weighted by molar-refractivity contribution is -0.671. The zero-order valence-electron chi connectivity index (χ0n) is 18.2. The van der Waals surface area contributed by atoms with Crippen molar-refractivity contribution in [3.63, 3.8) is 0 Å². The summed E-state index contributed by atoms with van der Waals surface area (Å²) < 4.78 is 113. The van der Waals surface area contributed by atoms with Crippen LogP contribution in [0.25, 0.3) is 4.13 Å². The van der Waals surface area contributed by atoms with Crippen LogP contribution < -0.4 is 4.57 Å². The third-order valence-electron chi connectivity index (χ3n) is 4.23. The van der Waals surface area contributed by atoms with Gasteiger partial charge >= 0.3 is 11.0 Å². The maximum Gasteiger partial charge on any atom is 0.480 e. The van der Waals surface area contributed by atoms with Crippen molar-refractivity contribution in [1.82, 2.24) is 4.57 Å². The molecule has 16 heteroatoms. The number of halogens is 6. The highest BCUT2D eigenvalue weighted by atomic mass is 32.3. The van der Waals surface area contributed by atoms with Crippen LogP contribution in [0, 0.1) is 0 Å². The third-order valence-corrected chi connectivity index (χ3v) is 6.97. The first-order chi connectivity index (χ1) is 14.9. The van der Waals surface area contributed by atoms with Crippen LogP contribution in [-0.4, -0.2) is 37.5 Å². The maximum absolute atomic E-state index is 11.4. The molecule has 8 nitrogen and oxygen atoms in total. The zero-order chi connectivity index (χ0) is 25.9. The standard InChI is InChI=1S/C15H29N2O.C2F6NO4S2/c1-3-4-5-6-7-8-9-10-11-15(18)17-13-12-16(2)14-17;3-1(4,5)14(10,11)9-15(12,13)2(6,7)8/h12-15,18H,3-11H2,1-2H3;/q+1;-1. The summed E-state index contributed by atoms with van der Waals surface area (Å²) in [4.78, 5) is 0. The number of hydrogen-bond donors (Lipinski definition) is 1. The van der Waals surface area contributed by atoms with E-state index in [0.717, 1.165) is 17.0 Å². The first kappa shape index (κ1) is 31.6. The molecule has 0 aliphatic heterocycles. The second-order valence-corrected chi connectivity index (χ2v) is 10.6. The number of imidazole rings is 1. The SMILES string of the molecule is CCCCCCCCCCC(O)n1cc[n+](C)c1.O=S(=O)([N-]S(=O)(=O)C(F)(F)F)C(F)(F)F. The van der Waals surface area contributed by atoms with Crippen molar-refractivity contribution in [2.45, 2.75) is 82.0 Å². The smallest absolute Gasteiger partial charge is 0.421 e. The molecule has 0 aliphatic rings. The number of aliphatic hydroxyl groups is 1. The number of hydrogen-bond acceptors (Lipinski definition) is 5. The molecule has 1 rings (SSSR count). The molecule has 1 N–H and O–H groups in total. The quantitative estimate of drug-likeness (QED) is 0.243. The number of aliphatic hydroxyl groups excluding tert-OH is 1. The highest BCUT2D eigenvalue weighted by Gasteiger charge is 2.46. The van der Waals surface area contributed by atoms with Gasteiger partial charge in [-0.15, -0.1) is 0 Å². The van der Waals surface area contributed by atoms with Crippen LogP contribution in [0.2, 0.25) is 0 Å². The van der Waals surface area contributed by atoms with E-state index in [1.54, 1.807) is 0 Å². The van der Waals surface area contributed by atoms with E-state index >= 15 is 0 Å². The molecule has 0 spiro atoms. The van der Waals surface area contributed by atoms with Gasteiger partial charge < -0.3 is 9.23 Å². The van der Waals surface area contributed by atoms with Crippen LogP contribution in [0.3, 0.4) is 0 Å². The van der Waals surface area contributed by atoms with Crippen molar-refractivity contribution in [3.05, 3.63) is 22.8 Å². The lowest BCUT2D eigenvalue weighted by atomic mass is 10.1. The summed E-state index contributed by atoms with van der Waals surface area (Å²) in [5, 5.41) is 9.96. The molecule has 1 aromatic rings. The number of nitrogens with zero attached hydrogens (tertiary/aromatic N) is 3. The van der Waals surface area contributed by atoms with Gasteiger partial charge in [0.15, 0.2) is 26.3 Å². The predicted molar refractivity (Wildman–Crippen MR) is 107 cm³/mol. The molecule has 0 aromatic carbocycles. The second kappa shape index (κ2) is 13.5. The van der Waals surface area contributed by atoms with Gasteiger partial charge in [-0.1, -0.05) is 51.9 Å². The molecule has 196 valence electrons. The summed E-state index contributed by atoms with van der Waals surface area (Å²) in [6.45, 7) is 2.25. The Balaban J connectivity index is 0.000000633. The van der Waals surface area contributed by atoms with E-state index in [4.69, 9.17) is 0 Å². The Kier molecular flexibility index (Phi) is 12.9. The van der Waals surface area contributed by atoms with Crippen molar-refractivity contribution in [2.24, 2.45) is 7.05 Å². The predicted octanol–water partition coefficient (Wildman–Crippen LogP) is 4.39. The van der Waals surface area contributed by atoms with Crippen LogP contribution >= 0.6 is 0 Å². The fourth-order valence-electron chi connectivity index (χ4n) is 2.47. The van der Waals surface area contributed by atoms with E-state index < -0.39 is 31.1 Å². The minimum Gasteiger partial charge on any atom is -0.421 e. The Hall–Kier alpha value is -1.39. The van der Waals surface area contributed by atoms with E-state index in [-0.39, 0.29) is 6.23 Å². The number of sulfonamides is 2. The van der Waals surface area contributed by atoms with Gasteiger partial charge in [0.2, 0.25) is 6.33 Å². The Morgan fingerprint density at radius 1 is 0.879 bits per heavy atom. The molecule has 0 bridgehead atoms. The molecule has 0 aliphatic carbocycles. The molecule has 1 unspecified atom stereocenters. The van der Waals surface area contributed by atoms with Crippen molar-refractivity contribution in [1.29, 1.82) is 0 Å². The van der Waals surface area contributed by atoms with Crippen LogP contribution in [-0.2, 0) is 27.1 Å². The average molecular weight is 534 g/mol. The number of aromatic nitrogens is 2. The lowest BCUT2D eigenvalue weighted by Crippen LogP contribution is -2.30. The molecule has 1 atom stereocenters. The summed E-state index contributed by atoms with van der Waals surface area (Å²) in [6, 6.07) is 0. The summed E-state index contributed by atoms with van der Waals surface area (Å²) in [6.07, 6.45) is 16.8. The summed E-state index contributed by atoms with van der Waals surface area (Å²) in [5.41, 5.74) is -12.4. The zero-order valence-corrected chi connectivity index (χ0v) is 19.8. The van der Waals surface area contributed by atoms with E-state index in [0.29, 0.717) is 0 Å². The first-order valence-electron chi connectivity index (χ1n) is 10.0. The molecular formula is C17H29F6N3O5S2. The Labute approximate surface area is 189 Å². The van der Waals surface area contributed by atoms with E-state index in [1.807, 2.05) is 34.9 Å². The maximum atomic E-state index is 11.4. The van der Waals surface area contributed by atoms with Gasteiger partial charge in [-0.05, 0) is 6.42 Å². The van der Waals surface area contributed by atoms with Crippen molar-refractivity contribution in [2.75, 3.05) is 0 Å². The molecule has 0 amide bonds. The van der Waals surface area contributed by atoms with Crippen molar-refractivity contribution in [3.8, 4) is 0 Å². The van der Waals surface area contributed by atoms with Gasteiger partial charge in [0, 0.05) is 6.42 Å². The summed E-state index contributed by atoms with van der Waals surface area (Å²) in [5.74, 6) is 0. The van der Waals surface area contributed by atoms with Crippen molar-refractivity contribution < 1.29 is 52.9 Å². The molecular weight excluding hydrogens is 504 g/mol. The van der Waals surface area contributed by atoms with E-state index in [1.165, 1.54) is 44.9 Å². The third kappa shape index (κ3) is 12.0. The molecule has 0 saturated carbocycles. The highest BCUT2D eigenvalue weighted by Crippen LogP contribution is 2.36. The largest absolute Gasteiger partial charge is 0.480 e. The second-order valence-electron chi connectivity index (χ2n) is 7.19. The molecule has 1 heterocycles. The van der Waals surface area contributed by atoms with Gasteiger partial charge in [-0.2, -0.15) is 26.3 Å². The van der Waals surface area contributed by atoms with Gasteiger partial charge in [0.05, 0.1) is 7.05 Å². The van der Waals surface area contributed by atoms with Crippen LogP contribution in [0.1, 0.15) is 70.9 Å². The van der Waals surface area contributed by atoms with E-state index in [9.17, 15) is 48.3 Å². The topological polar surface area (TPSA) is 111 Å². The molecule has 0 saturated heterocycles. The van der Waals surface area contributed by atoms with Gasteiger partial charge in [-0.3, -0.25) is 0 Å². The Bertz CT molecular complexity index is 857. The highest BCUT2D eigenvalue weighted by molar-refractivity contribution is 8.13. The number of unbranched alkanes of at least 4 members (excludes halogenated alkanes) is 7. The summed E-state index contributed by atoms with van der Waals surface area (Å²) >= 11 is 0. The molecule has 0 radical (unpaired) electrons. The first-order valence-corrected chi connectivity index (χ1v) is 12.9. The van der Waals surface area contributed by atoms with Crippen LogP contribution in [0.4, 0.5) is 26.3 Å². The normalized spacial score (nSPS) is 14.0. The summed E-state index contributed by atoms with van der Waals surface area (Å²) in [7, 11) is -11.5. The van der Waals surface area contributed by atoms with Crippen LogP contribution in [0.15, 0.2) is 18.7 Å². The Morgan fingerprint density at radius 3 is 1.67 bits per heavy atom. The number of aryl methyl sites for hydroxylation is 1. The fraction of sp³-hybridized carbons (Fsp3) is 0.824. The van der Waals surface area contributed by atoms with Crippen molar-refractivity contribution >= 4 is 20.0 Å². The molecule has 1 aromatic heterocycles. The van der Waals surface area contributed by atoms with E-state index in [2.05, 4.69) is 6.92 Å². The molecule has 33 heavy (non-hydrogen) atoms. The average Bonchev–Trinajstić information content (AvgIpc) is 3.08. The number of rotatable bonds is 12. The minimum absolute atomic E-state index is 0.355.